The van der Waals surface area contributed by atoms with Crippen LogP contribution in [0.2, 0.25) is 0 Å². The Morgan fingerprint density at radius 3 is 2.29 bits per heavy atom. The summed E-state index contributed by atoms with van der Waals surface area (Å²) in [7, 11) is 0. The minimum absolute atomic E-state index is 0.0391. The van der Waals surface area contributed by atoms with E-state index in [-0.39, 0.29) is 10.8 Å². The van der Waals surface area contributed by atoms with Crippen molar-refractivity contribution >= 4 is 0 Å². The second-order valence-corrected chi connectivity index (χ2v) is 6.85. The molecule has 2 rings (SSSR count). The summed E-state index contributed by atoms with van der Waals surface area (Å²) in [6, 6.07) is 0. The molecule has 0 fully saturated rings. The van der Waals surface area contributed by atoms with E-state index < -0.39 is 0 Å². The average Bonchev–Trinajstić information content (AvgIpc) is 2.50. The van der Waals surface area contributed by atoms with Crippen LogP contribution in [0, 0.1) is 10.8 Å². The van der Waals surface area contributed by atoms with Gasteiger partial charge < -0.3 is 0 Å². The van der Waals surface area contributed by atoms with Gasteiger partial charge in [-0.1, -0.05) is 70.2 Å². The second kappa shape index (κ2) is 5.54. The third kappa shape index (κ3) is 2.82. The molecule has 0 spiro atoms. The summed E-state index contributed by atoms with van der Waals surface area (Å²) >= 11 is 0. The first-order valence-electron chi connectivity index (χ1n) is 7.72. The molecule has 0 aliphatic heterocycles. The largest absolute Gasteiger partial charge is 0.112 e. The Morgan fingerprint density at radius 1 is 1.00 bits per heavy atom. The highest BCUT2D eigenvalue weighted by atomic mass is 14.4. The van der Waals surface area contributed by atoms with Crippen molar-refractivity contribution in [1.29, 1.82) is 0 Å². The summed E-state index contributed by atoms with van der Waals surface area (Å²) in [5.41, 5.74) is 8.94. The fraction of sp³-hybridized carbons (Fsp3) is 0.381. The molecule has 0 radical (unpaired) electrons. The van der Waals surface area contributed by atoms with Gasteiger partial charge in [-0.15, -0.1) is 5.73 Å². The Hall–Kier alpha value is -1.78. The lowest BCUT2D eigenvalue weighted by molar-refractivity contribution is 0.573. The highest BCUT2D eigenvalue weighted by Gasteiger charge is 2.38. The quantitative estimate of drug-likeness (QED) is 0.403. The normalized spacial score (nSPS) is 24.5. The third-order valence-electron chi connectivity index (χ3n) is 4.34. The standard InChI is InChI=1S/C21H26/c1-7-9-10-11-16-17-12-14-20(3,4)15-13-19(17)21(5,6)18(16)8-2/h7-10,12-15H,1-6H3/b9-7+,18-8+. The monoisotopic (exact) mass is 278 g/mol. The fourth-order valence-corrected chi connectivity index (χ4v) is 3.09. The first-order chi connectivity index (χ1) is 9.83. The maximum absolute atomic E-state index is 3.49. The Kier molecular flexibility index (Phi) is 4.12. The van der Waals surface area contributed by atoms with Gasteiger partial charge in [-0.3, -0.25) is 0 Å². The molecule has 0 heterocycles. The molecule has 2 aliphatic rings. The van der Waals surface area contributed by atoms with Gasteiger partial charge >= 0.3 is 0 Å². The van der Waals surface area contributed by atoms with Crippen LogP contribution < -0.4 is 0 Å². The molecule has 2 aliphatic carbocycles. The number of rotatable bonds is 1. The number of hydrogen-bond donors (Lipinski definition) is 0. The van der Waals surface area contributed by atoms with Crippen LogP contribution in [0.1, 0.15) is 41.5 Å². The van der Waals surface area contributed by atoms with Crippen molar-refractivity contribution in [3.63, 3.8) is 0 Å². The van der Waals surface area contributed by atoms with E-state index in [4.69, 9.17) is 0 Å². The van der Waals surface area contributed by atoms with Crippen LogP contribution in [0.15, 0.2) is 76.6 Å². The van der Waals surface area contributed by atoms with Crippen LogP contribution in [0.25, 0.3) is 0 Å². The van der Waals surface area contributed by atoms with Gasteiger partial charge in [0.15, 0.2) is 0 Å². The van der Waals surface area contributed by atoms with E-state index in [9.17, 15) is 0 Å². The second-order valence-electron chi connectivity index (χ2n) is 6.85. The van der Waals surface area contributed by atoms with Crippen LogP contribution >= 0.6 is 0 Å². The summed E-state index contributed by atoms with van der Waals surface area (Å²) in [4.78, 5) is 0. The van der Waals surface area contributed by atoms with Gasteiger partial charge in [0.2, 0.25) is 0 Å². The van der Waals surface area contributed by atoms with Crippen LogP contribution in [0.4, 0.5) is 0 Å². The van der Waals surface area contributed by atoms with Gasteiger partial charge in [0.25, 0.3) is 0 Å². The SMILES string of the molecule is C/C=C1\C(=C=C/C=C/C)C2=C(C=CC(C)(C)C=C2)C1(C)C. The summed E-state index contributed by atoms with van der Waals surface area (Å²) in [5, 5.41) is 0. The molecule has 0 bridgehead atoms. The molecule has 110 valence electrons. The lowest BCUT2D eigenvalue weighted by atomic mass is 9.80. The molecule has 0 aromatic heterocycles. The van der Waals surface area contributed by atoms with Gasteiger partial charge in [0.05, 0.1) is 0 Å². The topological polar surface area (TPSA) is 0 Å². The first kappa shape index (κ1) is 15.6. The molecule has 0 heteroatoms. The number of allylic oxidation sites excluding steroid dienone is 11. The van der Waals surface area contributed by atoms with E-state index >= 15 is 0 Å². The molecule has 0 atom stereocenters. The van der Waals surface area contributed by atoms with E-state index in [0.717, 1.165) is 0 Å². The van der Waals surface area contributed by atoms with Crippen molar-refractivity contribution in [2.24, 2.45) is 10.8 Å². The highest BCUT2D eigenvalue weighted by Crippen LogP contribution is 2.51. The summed E-state index contributed by atoms with van der Waals surface area (Å²) < 4.78 is 0. The molecule has 0 saturated carbocycles. The highest BCUT2D eigenvalue weighted by molar-refractivity contribution is 5.68. The van der Waals surface area contributed by atoms with E-state index in [0.29, 0.717) is 0 Å². The lowest BCUT2D eigenvalue weighted by Gasteiger charge is -2.23. The zero-order valence-electron chi connectivity index (χ0n) is 14.1. The Morgan fingerprint density at radius 2 is 1.67 bits per heavy atom. The lowest BCUT2D eigenvalue weighted by Crippen LogP contribution is -2.12. The van der Waals surface area contributed by atoms with E-state index in [1.807, 2.05) is 25.2 Å². The van der Waals surface area contributed by atoms with Crippen LogP contribution in [-0.4, -0.2) is 0 Å². The van der Waals surface area contributed by atoms with Gasteiger partial charge in [-0.25, -0.2) is 0 Å². The van der Waals surface area contributed by atoms with E-state index in [1.165, 1.54) is 22.3 Å². The van der Waals surface area contributed by atoms with Crippen molar-refractivity contribution in [3.8, 4) is 0 Å². The average molecular weight is 278 g/mol. The van der Waals surface area contributed by atoms with Crippen molar-refractivity contribution in [2.75, 3.05) is 0 Å². The zero-order chi connectivity index (χ0) is 15.7. The van der Waals surface area contributed by atoms with Crippen LogP contribution in [0.3, 0.4) is 0 Å². The molecule has 0 aromatic carbocycles. The van der Waals surface area contributed by atoms with Crippen LogP contribution in [0.5, 0.6) is 0 Å². The summed E-state index contributed by atoms with van der Waals surface area (Å²) in [6.45, 7) is 13.2. The Balaban J connectivity index is 2.69. The fourth-order valence-electron chi connectivity index (χ4n) is 3.09. The van der Waals surface area contributed by atoms with Crippen molar-refractivity contribution in [3.05, 3.63) is 76.6 Å². The Labute approximate surface area is 129 Å². The molecular weight excluding hydrogens is 252 g/mol. The molecule has 0 N–H and O–H groups in total. The summed E-state index contributed by atoms with van der Waals surface area (Å²) in [5.74, 6) is 0. The molecule has 0 unspecified atom stereocenters. The molecule has 21 heavy (non-hydrogen) atoms. The predicted molar refractivity (Wildman–Crippen MR) is 93.0 cm³/mol. The molecule has 0 nitrogen and oxygen atoms in total. The minimum Gasteiger partial charge on any atom is -0.112 e. The summed E-state index contributed by atoms with van der Waals surface area (Å²) in [6.07, 6.45) is 17.5. The predicted octanol–water partition coefficient (Wildman–Crippen LogP) is 6.08. The molecule has 0 amide bonds. The van der Waals surface area contributed by atoms with Gasteiger partial charge in [-0.05, 0) is 36.6 Å². The molecule has 0 saturated heterocycles. The van der Waals surface area contributed by atoms with Crippen LogP contribution in [-0.2, 0) is 0 Å². The zero-order valence-corrected chi connectivity index (χ0v) is 14.1. The van der Waals surface area contributed by atoms with Gasteiger partial charge in [-0.2, -0.15) is 0 Å². The first-order valence-corrected chi connectivity index (χ1v) is 7.72. The smallest absolute Gasteiger partial charge is 0.0277 e. The van der Waals surface area contributed by atoms with E-state index in [2.05, 4.69) is 70.7 Å². The molecule has 0 aromatic rings. The Bertz CT molecular complexity index is 646. The maximum atomic E-state index is 3.49. The van der Waals surface area contributed by atoms with E-state index in [1.54, 1.807) is 0 Å². The van der Waals surface area contributed by atoms with Gasteiger partial charge in [0, 0.05) is 16.4 Å². The third-order valence-corrected chi connectivity index (χ3v) is 4.34. The molecular formula is C21H26. The van der Waals surface area contributed by atoms with Crippen molar-refractivity contribution in [1.82, 2.24) is 0 Å². The van der Waals surface area contributed by atoms with Crippen molar-refractivity contribution < 1.29 is 0 Å². The maximum Gasteiger partial charge on any atom is 0.0277 e. The van der Waals surface area contributed by atoms with Crippen molar-refractivity contribution in [2.45, 2.75) is 41.5 Å². The minimum atomic E-state index is 0.0391. The van der Waals surface area contributed by atoms with Gasteiger partial charge in [0.1, 0.15) is 0 Å². The number of hydrogen-bond acceptors (Lipinski definition) is 0.